The summed E-state index contributed by atoms with van der Waals surface area (Å²) in [5, 5.41) is 10.8. The van der Waals surface area contributed by atoms with E-state index in [0.29, 0.717) is 11.1 Å². The normalized spacial score (nSPS) is 20.6. The van der Waals surface area contributed by atoms with Gasteiger partial charge < -0.3 is 33.7 Å². The molecule has 67 heavy (non-hydrogen) atoms. The minimum Gasteiger partial charge on any atom is -0.457 e. The molecule has 3 fully saturated rings. The van der Waals surface area contributed by atoms with Gasteiger partial charge in [-0.1, -0.05) is 98.4 Å². The van der Waals surface area contributed by atoms with E-state index in [9.17, 15) is 28.8 Å². The molecule has 5 amide bonds. The topological polar surface area (TPSA) is 234 Å². The third-order valence-corrected chi connectivity index (χ3v) is 18.2. The highest BCUT2D eigenvalue weighted by atomic mass is 32.2. The van der Waals surface area contributed by atoms with Crippen molar-refractivity contribution in [2.24, 2.45) is 11.0 Å². The van der Waals surface area contributed by atoms with Crippen molar-refractivity contribution in [2.45, 2.75) is 120 Å². The second-order valence-electron chi connectivity index (χ2n) is 19.7. The van der Waals surface area contributed by atoms with Gasteiger partial charge in [-0.15, -0.1) is 11.3 Å². The van der Waals surface area contributed by atoms with E-state index in [1.165, 1.54) is 15.2 Å². The summed E-state index contributed by atoms with van der Waals surface area (Å²) in [6, 6.07) is 16.4. The maximum absolute atomic E-state index is 14.8. The fourth-order valence-electron chi connectivity index (χ4n) is 6.84. The highest BCUT2D eigenvalue weighted by Crippen LogP contribution is 2.51. The smallest absolute Gasteiger partial charge is 0.413 e. The van der Waals surface area contributed by atoms with Crippen LogP contribution in [0.25, 0.3) is 0 Å². The molecule has 0 saturated carbocycles. The number of hydrazine groups is 1. The molecular formula is C45H60N8O11S2Si. The fraction of sp³-hybridized carbons (Fsp3) is 0.511. The van der Waals surface area contributed by atoms with Gasteiger partial charge in [-0.3, -0.25) is 24.8 Å². The maximum atomic E-state index is 14.8. The van der Waals surface area contributed by atoms with Gasteiger partial charge in [0.15, 0.2) is 25.3 Å². The third kappa shape index (κ3) is 11.8. The quantitative estimate of drug-likeness (QED) is 0.0232. The van der Waals surface area contributed by atoms with Gasteiger partial charge in [0.2, 0.25) is 16.9 Å². The largest absolute Gasteiger partial charge is 0.457 e. The van der Waals surface area contributed by atoms with E-state index in [1.54, 1.807) is 41.5 Å². The summed E-state index contributed by atoms with van der Waals surface area (Å²) in [5.74, 6) is 2.94. The van der Waals surface area contributed by atoms with Gasteiger partial charge in [0.05, 0.1) is 19.7 Å². The second-order valence-corrected chi connectivity index (χ2v) is 26.8. The number of hydrogen-bond acceptors (Lipinski definition) is 16. The Morgan fingerprint density at radius 2 is 1.51 bits per heavy atom. The van der Waals surface area contributed by atoms with Crippen molar-refractivity contribution in [3.8, 4) is 0 Å². The first-order valence-electron chi connectivity index (χ1n) is 21.7. The van der Waals surface area contributed by atoms with Crippen LogP contribution in [0.2, 0.25) is 18.1 Å². The molecule has 22 heteroatoms. The van der Waals surface area contributed by atoms with Crippen LogP contribution in [0.4, 0.5) is 14.7 Å². The summed E-state index contributed by atoms with van der Waals surface area (Å²) < 4.78 is 23.7. The molecule has 0 bridgehead atoms. The average molecular weight is 981 g/mol. The number of rotatable bonds is 15. The molecule has 19 nitrogen and oxygen atoms in total. The minimum atomic E-state index is -2.46. The molecule has 3 aliphatic heterocycles. The van der Waals surface area contributed by atoms with Crippen LogP contribution in [0.1, 0.15) is 85.2 Å². The number of oxime groups is 1. The lowest BCUT2D eigenvalue weighted by Crippen LogP contribution is -2.68. The number of thiazole rings is 1. The molecule has 1 aromatic heterocycles. The van der Waals surface area contributed by atoms with Crippen LogP contribution in [-0.4, -0.2) is 130 Å². The van der Waals surface area contributed by atoms with Crippen LogP contribution in [0.3, 0.4) is 0 Å². The number of benzene rings is 2. The molecule has 0 spiro atoms. The van der Waals surface area contributed by atoms with Crippen molar-refractivity contribution in [1.82, 2.24) is 25.1 Å². The van der Waals surface area contributed by atoms with Gasteiger partial charge in [-0.05, 0) is 70.8 Å². The maximum Gasteiger partial charge on any atom is 0.413 e. The van der Waals surface area contributed by atoms with E-state index >= 15 is 0 Å². The van der Waals surface area contributed by atoms with Gasteiger partial charge >= 0.3 is 24.1 Å². The van der Waals surface area contributed by atoms with E-state index < -0.39 is 89.6 Å². The molecule has 362 valence electrons. The van der Waals surface area contributed by atoms with Crippen molar-refractivity contribution in [2.75, 3.05) is 31.6 Å². The minimum absolute atomic E-state index is 0.0452. The number of nitrogens with zero attached hydrogens (tertiary/aromatic N) is 5. The summed E-state index contributed by atoms with van der Waals surface area (Å²) in [6.07, 6.45) is -3.11. The van der Waals surface area contributed by atoms with E-state index in [4.69, 9.17) is 29.3 Å². The Labute approximate surface area is 399 Å². The zero-order valence-electron chi connectivity index (χ0n) is 39.6. The molecule has 0 unspecified atom stereocenters. The molecule has 0 radical (unpaired) electrons. The molecule has 0 aliphatic carbocycles. The first kappa shape index (κ1) is 50.9. The SMILES string of the molecule is CC(C)(C)OC(=O)Nc1nc(/C(=N/O[C@@H](CO[Si](C)(C)C(C)(C)C)C(=O)OC(C)(C)C)C(=O)N[C@@H]2C(=O)N3C[C@@](C(=O)OC(c4ccccc4)c4ccccc4)(N4CCN(N)C4=O)S[C@H]23)cs1. The van der Waals surface area contributed by atoms with Crippen LogP contribution in [0.5, 0.6) is 0 Å². The van der Waals surface area contributed by atoms with Crippen molar-refractivity contribution < 1.29 is 52.2 Å². The summed E-state index contributed by atoms with van der Waals surface area (Å²) in [5.41, 5.74) is -0.921. The molecule has 4 N–H and O–H groups in total. The van der Waals surface area contributed by atoms with Gasteiger partial charge in [0.1, 0.15) is 28.3 Å². The first-order valence-corrected chi connectivity index (χ1v) is 26.4. The number of aromatic nitrogens is 1. The van der Waals surface area contributed by atoms with Crippen molar-refractivity contribution >= 4 is 78.1 Å². The Morgan fingerprint density at radius 1 is 0.910 bits per heavy atom. The molecule has 4 atom stereocenters. The summed E-state index contributed by atoms with van der Waals surface area (Å²) in [4.78, 5) is 94.4. The monoisotopic (exact) mass is 980 g/mol. The fourth-order valence-corrected chi connectivity index (χ4v) is 10.2. The molecule has 3 aliphatic rings. The molecular weight excluding hydrogens is 921 g/mol. The van der Waals surface area contributed by atoms with E-state index in [1.807, 2.05) is 94.5 Å². The molecule has 4 heterocycles. The van der Waals surface area contributed by atoms with Gasteiger partial charge in [0, 0.05) is 11.9 Å². The average Bonchev–Trinajstić information content (AvgIpc) is 3.94. The predicted molar refractivity (Wildman–Crippen MR) is 254 cm³/mol. The number of nitrogens with two attached hydrogens (primary N) is 1. The molecule has 2 aromatic carbocycles. The predicted octanol–water partition coefficient (Wildman–Crippen LogP) is 5.98. The Bertz CT molecular complexity index is 2330. The van der Waals surface area contributed by atoms with E-state index in [-0.39, 0.29) is 42.1 Å². The molecule has 6 rings (SSSR count). The molecule has 3 aromatic rings. The third-order valence-electron chi connectivity index (χ3n) is 11.3. The van der Waals surface area contributed by atoms with E-state index in [2.05, 4.69) is 20.8 Å². The van der Waals surface area contributed by atoms with Crippen molar-refractivity contribution in [3.05, 3.63) is 82.9 Å². The molecule has 3 saturated heterocycles. The number of fused-ring (bicyclic) bond motifs is 1. The van der Waals surface area contributed by atoms with Gasteiger partial charge in [-0.2, -0.15) is 0 Å². The van der Waals surface area contributed by atoms with Crippen LogP contribution in [0, 0.1) is 0 Å². The highest BCUT2D eigenvalue weighted by molar-refractivity contribution is 8.02. The zero-order valence-corrected chi connectivity index (χ0v) is 42.2. The van der Waals surface area contributed by atoms with Gasteiger partial charge in [-0.25, -0.2) is 30.0 Å². The number of urea groups is 1. The Balaban J connectivity index is 1.31. The van der Waals surface area contributed by atoms with Crippen LogP contribution in [-0.2, 0) is 42.7 Å². The number of β-lactam (4-membered cyclic amide) rings is 1. The van der Waals surface area contributed by atoms with Crippen LogP contribution in [0.15, 0.2) is 71.2 Å². The lowest BCUT2D eigenvalue weighted by atomic mass is 10.0. The number of carbonyl (C=O) groups excluding carboxylic acids is 6. The van der Waals surface area contributed by atoms with Crippen LogP contribution >= 0.6 is 23.1 Å². The number of carbonyl (C=O) groups is 6. The Morgan fingerprint density at radius 3 is 2.04 bits per heavy atom. The lowest BCUT2D eigenvalue weighted by molar-refractivity contribution is -0.171. The summed E-state index contributed by atoms with van der Waals surface area (Å²) >= 11 is 1.94. The Kier molecular flexibility index (Phi) is 14.9. The highest BCUT2D eigenvalue weighted by Gasteiger charge is 2.67. The summed E-state index contributed by atoms with van der Waals surface area (Å²) in [7, 11) is -2.46. The first-order chi connectivity index (χ1) is 31.2. The van der Waals surface area contributed by atoms with E-state index in [0.717, 1.165) is 28.1 Å². The number of amides is 5. The standard InChI is InChI=1S/C45H60N8O11S2Si/c1-42(2,3)62-37(56)30(24-60-67(10,11)44(7,8)9)64-50-31(29-25-65-39(47-29)49-40(58)63-43(4,5)6)34(54)48-32-35(55)51-26-45(66-36(32)51,52-22-23-53(46)41(52)59)38(57)61-33(27-18-14-12-15-19-27)28-20-16-13-17-21-28/h12-21,25,30,32-33,36H,22-24,26,46H2,1-11H3,(H,48,54)(H,47,49,58)/b50-31-/t30-,32+,36+,45+/m0/s1. The summed E-state index contributed by atoms with van der Waals surface area (Å²) in [6.45, 7) is 19.9. The number of anilines is 1. The van der Waals surface area contributed by atoms with Crippen molar-refractivity contribution in [1.29, 1.82) is 0 Å². The number of thioether (sulfide) groups is 1. The number of ether oxygens (including phenoxy) is 3. The second kappa shape index (κ2) is 19.6. The van der Waals surface area contributed by atoms with Gasteiger partial charge in [0.25, 0.3) is 5.91 Å². The zero-order chi connectivity index (χ0) is 49.3. The number of esters is 2. The van der Waals surface area contributed by atoms with Crippen LogP contribution < -0.4 is 16.5 Å². The Hall–Kier alpha value is -5.55. The van der Waals surface area contributed by atoms with Crippen molar-refractivity contribution in [3.63, 3.8) is 0 Å². The number of nitrogens with one attached hydrogen (secondary N) is 2. The lowest BCUT2D eigenvalue weighted by Gasteiger charge is -2.41. The number of hydrogen-bond donors (Lipinski definition) is 3.